The van der Waals surface area contributed by atoms with Crippen molar-refractivity contribution in [2.75, 3.05) is 45.9 Å². The highest BCUT2D eigenvalue weighted by Crippen LogP contribution is 2.12. The maximum Gasteiger partial charge on any atom is 0.191 e. The molecular weight excluding hydrogens is 493 g/mol. The second-order valence-electron chi connectivity index (χ2n) is 8.08. The number of aliphatic imine (C=N–C) groups is 1. The lowest BCUT2D eigenvalue weighted by atomic mass is 10.2. The van der Waals surface area contributed by atoms with Crippen molar-refractivity contribution in [3.8, 4) is 0 Å². The summed E-state index contributed by atoms with van der Waals surface area (Å²) in [4.78, 5) is 7.40. The topological polar surface area (TPSA) is 79.6 Å². The molecule has 1 unspecified atom stereocenters. The third-order valence-corrected chi connectivity index (χ3v) is 5.78. The van der Waals surface area contributed by atoms with Crippen LogP contribution in [0, 0.1) is 0 Å². The van der Waals surface area contributed by atoms with Crippen LogP contribution in [0.4, 0.5) is 0 Å². The summed E-state index contributed by atoms with van der Waals surface area (Å²) in [7, 11) is 0. The van der Waals surface area contributed by atoms with Gasteiger partial charge >= 0.3 is 0 Å². The molecule has 30 heavy (non-hydrogen) atoms. The van der Waals surface area contributed by atoms with Crippen LogP contribution in [0.25, 0.3) is 0 Å². The minimum atomic E-state index is 0. The van der Waals surface area contributed by atoms with Crippen LogP contribution in [0.15, 0.2) is 11.3 Å². The van der Waals surface area contributed by atoms with E-state index in [0.717, 1.165) is 70.3 Å². The van der Waals surface area contributed by atoms with Gasteiger partial charge in [0, 0.05) is 32.7 Å². The number of hydrogen-bond donors (Lipinski definition) is 2. The fraction of sp³-hybridized carbons (Fsp3) is 0.857. The number of ether oxygens (including phenoxy) is 1. The largest absolute Gasteiger partial charge is 0.376 e. The SMILES string of the molecule is CCc1nncn1CCNC(=NCC1CCCO1)NCCCN1CCCCCC1.I. The molecule has 2 saturated heterocycles. The smallest absolute Gasteiger partial charge is 0.191 e. The van der Waals surface area contributed by atoms with Gasteiger partial charge in [0.05, 0.1) is 12.6 Å². The van der Waals surface area contributed by atoms with Gasteiger partial charge in [0.1, 0.15) is 12.2 Å². The van der Waals surface area contributed by atoms with Crippen LogP contribution >= 0.6 is 24.0 Å². The van der Waals surface area contributed by atoms with Crippen LogP contribution in [-0.4, -0.2) is 77.6 Å². The van der Waals surface area contributed by atoms with Gasteiger partial charge in [-0.25, -0.2) is 0 Å². The quantitative estimate of drug-likeness (QED) is 0.208. The molecule has 0 aliphatic carbocycles. The molecule has 0 radical (unpaired) electrons. The van der Waals surface area contributed by atoms with Crippen LogP contribution in [0.3, 0.4) is 0 Å². The van der Waals surface area contributed by atoms with Crippen LogP contribution < -0.4 is 10.6 Å². The van der Waals surface area contributed by atoms with Crippen molar-refractivity contribution in [2.24, 2.45) is 4.99 Å². The third-order valence-electron chi connectivity index (χ3n) is 5.78. The second kappa shape index (κ2) is 15.0. The molecule has 0 amide bonds. The molecule has 3 rings (SSSR count). The average Bonchev–Trinajstić information content (AvgIpc) is 3.35. The Bertz CT molecular complexity index is 596. The van der Waals surface area contributed by atoms with E-state index in [-0.39, 0.29) is 30.1 Å². The molecule has 1 atom stereocenters. The van der Waals surface area contributed by atoms with Crippen molar-refractivity contribution in [2.45, 2.75) is 70.9 Å². The van der Waals surface area contributed by atoms with Gasteiger partial charge in [-0.2, -0.15) is 0 Å². The number of likely N-dealkylation sites (tertiary alicyclic amines) is 1. The third kappa shape index (κ3) is 9.05. The van der Waals surface area contributed by atoms with E-state index < -0.39 is 0 Å². The summed E-state index contributed by atoms with van der Waals surface area (Å²) in [5.74, 6) is 1.91. The van der Waals surface area contributed by atoms with Gasteiger partial charge in [-0.15, -0.1) is 34.2 Å². The lowest BCUT2D eigenvalue weighted by Gasteiger charge is -2.20. The van der Waals surface area contributed by atoms with E-state index in [4.69, 9.17) is 9.73 Å². The zero-order valence-electron chi connectivity index (χ0n) is 18.5. The lowest BCUT2D eigenvalue weighted by Crippen LogP contribution is -2.41. The predicted octanol–water partition coefficient (Wildman–Crippen LogP) is 2.44. The van der Waals surface area contributed by atoms with E-state index in [1.165, 1.54) is 45.3 Å². The molecule has 0 spiro atoms. The van der Waals surface area contributed by atoms with Crippen molar-refractivity contribution in [1.29, 1.82) is 0 Å². The molecule has 2 fully saturated rings. The number of nitrogens with zero attached hydrogens (tertiary/aromatic N) is 5. The monoisotopic (exact) mass is 533 g/mol. The highest BCUT2D eigenvalue weighted by atomic mass is 127. The number of aryl methyl sites for hydroxylation is 1. The normalized spacial score (nSPS) is 20.6. The summed E-state index contributed by atoms with van der Waals surface area (Å²) in [6.45, 7) is 9.99. The molecule has 0 saturated carbocycles. The Morgan fingerprint density at radius 3 is 2.67 bits per heavy atom. The molecule has 1 aromatic heterocycles. The van der Waals surface area contributed by atoms with Gasteiger partial charge < -0.3 is 24.8 Å². The van der Waals surface area contributed by atoms with Crippen molar-refractivity contribution in [1.82, 2.24) is 30.3 Å². The molecule has 2 aliphatic rings. The van der Waals surface area contributed by atoms with E-state index in [1.54, 1.807) is 6.33 Å². The van der Waals surface area contributed by atoms with Crippen molar-refractivity contribution in [3.63, 3.8) is 0 Å². The summed E-state index contributed by atoms with van der Waals surface area (Å²) in [5, 5.41) is 15.2. The zero-order chi connectivity index (χ0) is 20.2. The van der Waals surface area contributed by atoms with Gasteiger partial charge in [-0.1, -0.05) is 19.8 Å². The summed E-state index contributed by atoms with van der Waals surface area (Å²) in [6, 6.07) is 0. The molecule has 2 N–H and O–H groups in total. The molecule has 2 aliphatic heterocycles. The van der Waals surface area contributed by atoms with Crippen LogP contribution in [0.2, 0.25) is 0 Å². The molecular formula is C21H40IN7O. The van der Waals surface area contributed by atoms with Crippen LogP contribution in [0.1, 0.15) is 57.7 Å². The van der Waals surface area contributed by atoms with Gasteiger partial charge in [0.2, 0.25) is 0 Å². The van der Waals surface area contributed by atoms with E-state index in [0.29, 0.717) is 0 Å². The second-order valence-corrected chi connectivity index (χ2v) is 8.08. The summed E-state index contributed by atoms with van der Waals surface area (Å²) >= 11 is 0. The van der Waals surface area contributed by atoms with E-state index in [1.807, 2.05) is 0 Å². The lowest BCUT2D eigenvalue weighted by molar-refractivity contribution is 0.117. The fourth-order valence-corrected chi connectivity index (χ4v) is 4.06. The molecule has 0 bridgehead atoms. The summed E-state index contributed by atoms with van der Waals surface area (Å²) in [5.41, 5.74) is 0. The average molecular weight is 534 g/mol. The highest BCUT2D eigenvalue weighted by Gasteiger charge is 2.15. The Labute approximate surface area is 198 Å². The zero-order valence-corrected chi connectivity index (χ0v) is 20.9. The number of halogens is 1. The minimum Gasteiger partial charge on any atom is -0.376 e. The number of rotatable bonds is 10. The molecule has 8 nitrogen and oxygen atoms in total. The maximum atomic E-state index is 5.72. The molecule has 9 heteroatoms. The van der Waals surface area contributed by atoms with E-state index >= 15 is 0 Å². The number of nitrogens with one attached hydrogen (secondary N) is 2. The Hall–Kier alpha value is -0.940. The van der Waals surface area contributed by atoms with E-state index in [9.17, 15) is 0 Å². The highest BCUT2D eigenvalue weighted by molar-refractivity contribution is 14.0. The Balaban J connectivity index is 0.00000320. The molecule has 3 heterocycles. The first-order valence-electron chi connectivity index (χ1n) is 11.6. The minimum absolute atomic E-state index is 0. The Morgan fingerprint density at radius 2 is 1.93 bits per heavy atom. The number of hydrogen-bond acceptors (Lipinski definition) is 5. The summed E-state index contributed by atoms with van der Waals surface area (Å²) in [6.07, 6.45) is 11.9. The standard InChI is InChI=1S/C21H39N7O.HI/c1-2-20-26-25-18-28(20)15-11-23-21(24-17-19-9-7-16-29-19)22-10-8-14-27-12-5-3-4-6-13-27;/h18-19H,2-17H2,1H3,(H2,22,23,24);1H. The molecule has 1 aromatic rings. The first kappa shape index (κ1) is 25.3. The Morgan fingerprint density at radius 1 is 1.13 bits per heavy atom. The Kier molecular flexibility index (Phi) is 12.6. The fourth-order valence-electron chi connectivity index (χ4n) is 4.06. The number of aromatic nitrogens is 3. The van der Waals surface area contributed by atoms with Crippen molar-refractivity contribution >= 4 is 29.9 Å². The van der Waals surface area contributed by atoms with E-state index in [2.05, 4.69) is 37.2 Å². The van der Waals surface area contributed by atoms with Crippen LogP contribution in [-0.2, 0) is 17.7 Å². The molecule has 172 valence electrons. The first-order chi connectivity index (χ1) is 14.3. The van der Waals surface area contributed by atoms with Gasteiger partial charge in [0.25, 0.3) is 0 Å². The van der Waals surface area contributed by atoms with Gasteiger partial charge in [0.15, 0.2) is 5.96 Å². The van der Waals surface area contributed by atoms with Gasteiger partial charge in [-0.05, 0) is 51.7 Å². The predicted molar refractivity (Wildman–Crippen MR) is 132 cm³/mol. The van der Waals surface area contributed by atoms with Crippen molar-refractivity contribution < 1.29 is 4.74 Å². The summed E-state index contributed by atoms with van der Waals surface area (Å²) < 4.78 is 7.83. The first-order valence-corrected chi connectivity index (χ1v) is 11.6. The number of guanidine groups is 1. The van der Waals surface area contributed by atoms with Crippen molar-refractivity contribution in [3.05, 3.63) is 12.2 Å². The molecule has 0 aromatic carbocycles. The van der Waals surface area contributed by atoms with Crippen LogP contribution in [0.5, 0.6) is 0 Å². The maximum absolute atomic E-state index is 5.72. The van der Waals surface area contributed by atoms with Gasteiger partial charge in [-0.3, -0.25) is 4.99 Å².